The first-order valence-electron chi connectivity index (χ1n) is 2.22. The number of allylic oxidation sites excluding steroid dienone is 1. The van der Waals surface area contributed by atoms with Crippen LogP contribution in [0.15, 0.2) is 17.1 Å². The summed E-state index contributed by atoms with van der Waals surface area (Å²) in [7, 11) is 0. The van der Waals surface area contributed by atoms with Gasteiger partial charge < -0.3 is 0 Å². The van der Waals surface area contributed by atoms with E-state index in [4.69, 9.17) is 11.6 Å². The summed E-state index contributed by atoms with van der Waals surface area (Å²) in [5.41, 5.74) is -0.103. The fraction of sp³-hybridized carbons (Fsp3) is 0.400. The van der Waals surface area contributed by atoms with Gasteiger partial charge in [-0.2, -0.15) is 0 Å². The van der Waals surface area contributed by atoms with Crippen molar-refractivity contribution in [3.05, 3.63) is 12.2 Å². The molecule has 1 unspecified atom stereocenters. The molecule has 0 spiro atoms. The lowest BCUT2D eigenvalue weighted by molar-refractivity contribution is 1.11. The van der Waals surface area contributed by atoms with Crippen molar-refractivity contribution in [3.8, 4) is 0 Å². The van der Waals surface area contributed by atoms with Gasteiger partial charge >= 0.3 is 0 Å². The minimum absolute atomic E-state index is 0.103. The van der Waals surface area contributed by atoms with E-state index in [1.165, 1.54) is 0 Å². The van der Waals surface area contributed by atoms with E-state index in [2.05, 4.69) is 4.99 Å². The van der Waals surface area contributed by atoms with Crippen LogP contribution in [0.25, 0.3) is 0 Å². The topological polar surface area (TPSA) is 12.4 Å². The monoisotopic (exact) mass is 115 g/mol. The molecule has 0 radical (unpaired) electrons. The van der Waals surface area contributed by atoms with Gasteiger partial charge in [0.1, 0.15) is 5.50 Å². The number of alkyl halides is 1. The van der Waals surface area contributed by atoms with E-state index in [0.29, 0.717) is 0 Å². The van der Waals surface area contributed by atoms with Gasteiger partial charge in [0.15, 0.2) is 0 Å². The lowest BCUT2D eigenvalue weighted by Crippen LogP contribution is -1.92. The van der Waals surface area contributed by atoms with Crippen LogP contribution in [-0.2, 0) is 0 Å². The first kappa shape index (κ1) is 4.85. The lowest BCUT2D eigenvalue weighted by Gasteiger charge is -1.97. The Labute approximate surface area is 47.7 Å². The largest absolute Gasteiger partial charge is 0.274 e. The van der Waals surface area contributed by atoms with Crippen molar-refractivity contribution in [2.24, 2.45) is 4.99 Å². The molecule has 1 nitrogen and oxygen atoms in total. The minimum Gasteiger partial charge on any atom is -0.274 e. The summed E-state index contributed by atoms with van der Waals surface area (Å²) < 4.78 is 0. The molecule has 0 saturated carbocycles. The van der Waals surface area contributed by atoms with Crippen LogP contribution in [0.1, 0.15) is 6.42 Å². The Bertz CT molecular complexity index is 94.6. The summed E-state index contributed by atoms with van der Waals surface area (Å²) in [6.45, 7) is 0. The van der Waals surface area contributed by atoms with Gasteiger partial charge in [-0.05, 0) is 6.08 Å². The number of halogens is 1. The predicted molar refractivity (Wildman–Crippen MR) is 31.9 cm³/mol. The van der Waals surface area contributed by atoms with Gasteiger partial charge in [0.05, 0.1) is 0 Å². The number of hydrogen-bond donors (Lipinski definition) is 0. The highest BCUT2D eigenvalue weighted by Gasteiger charge is 1.93. The zero-order valence-corrected chi connectivity index (χ0v) is 4.60. The summed E-state index contributed by atoms with van der Waals surface area (Å²) in [6, 6.07) is 0. The summed E-state index contributed by atoms with van der Waals surface area (Å²) in [5.74, 6) is 0. The highest BCUT2D eigenvalue weighted by molar-refractivity contribution is 6.22. The average Bonchev–Trinajstić information content (AvgIpc) is 1.69. The summed E-state index contributed by atoms with van der Waals surface area (Å²) in [5, 5.41) is 0. The summed E-state index contributed by atoms with van der Waals surface area (Å²) in [4.78, 5) is 3.88. The number of dihydropyridines is 1. The number of rotatable bonds is 0. The Balaban J connectivity index is 2.49. The smallest absolute Gasteiger partial charge is 0.141 e. The second kappa shape index (κ2) is 2.12. The van der Waals surface area contributed by atoms with E-state index in [0.717, 1.165) is 6.42 Å². The van der Waals surface area contributed by atoms with Crippen LogP contribution in [0.2, 0.25) is 0 Å². The standard InChI is InChI=1S/C5H6ClN/c6-5-3-1-2-4-7-5/h1,3-5H,2H2. The molecule has 38 valence electrons. The molecule has 2 heteroatoms. The van der Waals surface area contributed by atoms with Crippen molar-refractivity contribution in [1.29, 1.82) is 0 Å². The molecule has 1 rings (SSSR count). The molecule has 1 heterocycles. The second-order valence-electron chi connectivity index (χ2n) is 1.37. The zero-order chi connectivity index (χ0) is 5.11. The second-order valence-corrected chi connectivity index (χ2v) is 1.82. The van der Waals surface area contributed by atoms with Crippen molar-refractivity contribution in [2.45, 2.75) is 11.9 Å². The van der Waals surface area contributed by atoms with Gasteiger partial charge in [-0.15, -0.1) is 0 Å². The third kappa shape index (κ3) is 1.32. The Hall–Kier alpha value is -0.300. The van der Waals surface area contributed by atoms with Crippen LogP contribution in [0.5, 0.6) is 0 Å². The van der Waals surface area contributed by atoms with Crippen LogP contribution >= 0.6 is 11.6 Å². The third-order valence-corrected chi connectivity index (χ3v) is 1.04. The fourth-order valence-electron chi connectivity index (χ4n) is 0.463. The molecule has 0 amide bonds. The SMILES string of the molecule is ClC1C=CCC=N1. The molecule has 0 aromatic rings. The highest BCUT2D eigenvalue weighted by atomic mass is 35.5. The average molecular weight is 116 g/mol. The van der Waals surface area contributed by atoms with Crippen molar-refractivity contribution >= 4 is 17.8 Å². The normalized spacial score (nSPS) is 28.4. The maximum Gasteiger partial charge on any atom is 0.141 e. The van der Waals surface area contributed by atoms with Gasteiger partial charge in [-0.25, -0.2) is 0 Å². The number of aliphatic imine (C=N–C) groups is 1. The molecule has 1 aliphatic rings. The van der Waals surface area contributed by atoms with Crippen molar-refractivity contribution in [3.63, 3.8) is 0 Å². The first-order chi connectivity index (χ1) is 3.39. The van der Waals surface area contributed by atoms with E-state index >= 15 is 0 Å². The molecule has 0 N–H and O–H groups in total. The molecule has 0 bridgehead atoms. The number of hydrogen-bond acceptors (Lipinski definition) is 1. The Morgan fingerprint density at radius 3 is 2.86 bits per heavy atom. The third-order valence-electron chi connectivity index (χ3n) is 0.784. The molecule has 0 saturated heterocycles. The van der Waals surface area contributed by atoms with Crippen LogP contribution in [0, 0.1) is 0 Å². The quantitative estimate of drug-likeness (QED) is 0.258. The van der Waals surface area contributed by atoms with Crippen LogP contribution in [-0.4, -0.2) is 11.7 Å². The molecule has 0 aromatic heterocycles. The van der Waals surface area contributed by atoms with Crippen LogP contribution in [0.3, 0.4) is 0 Å². The van der Waals surface area contributed by atoms with Crippen LogP contribution < -0.4 is 0 Å². The van der Waals surface area contributed by atoms with Gasteiger partial charge in [0.25, 0.3) is 0 Å². The van der Waals surface area contributed by atoms with E-state index in [1.54, 1.807) is 0 Å². The maximum atomic E-state index is 5.53. The van der Waals surface area contributed by atoms with Crippen molar-refractivity contribution in [2.75, 3.05) is 0 Å². The molecule has 0 aliphatic carbocycles. The Morgan fingerprint density at radius 2 is 2.57 bits per heavy atom. The zero-order valence-electron chi connectivity index (χ0n) is 3.84. The highest BCUT2D eigenvalue weighted by Crippen LogP contribution is 2.03. The predicted octanol–water partition coefficient (Wildman–Crippen LogP) is 1.58. The van der Waals surface area contributed by atoms with Gasteiger partial charge in [-0.3, -0.25) is 4.99 Å². The number of nitrogens with zero attached hydrogens (tertiary/aromatic N) is 1. The van der Waals surface area contributed by atoms with Crippen molar-refractivity contribution in [1.82, 2.24) is 0 Å². The molecule has 0 fully saturated rings. The molecule has 1 atom stereocenters. The molecule has 0 aromatic carbocycles. The Morgan fingerprint density at radius 1 is 1.71 bits per heavy atom. The lowest BCUT2D eigenvalue weighted by atomic mass is 10.3. The molecular weight excluding hydrogens is 110 g/mol. The van der Waals surface area contributed by atoms with Gasteiger partial charge in [0, 0.05) is 12.6 Å². The fourth-order valence-corrected chi connectivity index (χ4v) is 0.646. The van der Waals surface area contributed by atoms with E-state index in [9.17, 15) is 0 Å². The summed E-state index contributed by atoms with van der Waals surface area (Å²) in [6.07, 6.45) is 6.63. The van der Waals surface area contributed by atoms with Crippen LogP contribution in [0.4, 0.5) is 0 Å². The molecule has 7 heavy (non-hydrogen) atoms. The minimum atomic E-state index is -0.103. The van der Waals surface area contributed by atoms with Gasteiger partial charge in [0.2, 0.25) is 0 Å². The first-order valence-corrected chi connectivity index (χ1v) is 2.65. The Kier molecular flexibility index (Phi) is 1.47. The summed E-state index contributed by atoms with van der Waals surface area (Å²) >= 11 is 5.53. The molecule has 1 aliphatic heterocycles. The molecular formula is C5H6ClN. The van der Waals surface area contributed by atoms with E-state index in [1.807, 2.05) is 18.4 Å². The van der Waals surface area contributed by atoms with E-state index < -0.39 is 0 Å². The van der Waals surface area contributed by atoms with Crippen molar-refractivity contribution < 1.29 is 0 Å². The van der Waals surface area contributed by atoms with E-state index in [-0.39, 0.29) is 5.50 Å². The van der Waals surface area contributed by atoms with Gasteiger partial charge in [-0.1, -0.05) is 17.7 Å². The maximum absolute atomic E-state index is 5.53.